The summed E-state index contributed by atoms with van der Waals surface area (Å²) >= 11 is 5.80. The van der Waals surface area contributed by atoms with Gasteiger partial charge in [-0.25, -0.2) is 5.48 Å². The molecule has 0 saturated carbocycles. The molecule has 6 heteroatoms. The summed E-state index contributed by atoms with van der Waals surface area (Å²) in [5, 5.41) is 9.10. The van der Waals surface area contributed by atoms with Gasteiger partial charge in [0.05, 0.1) is 6.54 Å². The predicted molar refractivity (Wildman–Crippen MR) is 80.3 cm³/mol. The predicted octanol–water partition coefficient (Wildman–Crippen LogP) is 2.74. The summed E-state index contributed by atoms with van der Waals surface area (Å²) in [5.41, 5.74) is 2.39. The first-order valence-electron chi connectivity index (χ1n) is 6.34. The van der Waals surface area contributed by atoms with Gasteiger partial charge in [-0.2, -0.15) is 0 Å². The van der Waals surface area contributed by atoms with Gasteiger partial charge in [-0.1, -0.05) is 11.6 Å². The van der Waals surface area contributed by atoms with Crippen LogP contribution in [-0.4, -0.2) is 22.3 Å². The summed E-state index contributed by atoms with van der Waals surface area (Å²) in [6, 6.07) is 10.9. The second-order valence-corrected chi connectivity index (χ2v) is 4.67. The van der Waals surface area contributed by atoms with Crippen molar-refractivity contribution in [3.8, 4) is 5.75 Å². The van der Waals surface area contributed by atoms with Crippen LogP contribution in [0.1, 0.15) is 5.69 Å². The molecule has 110 valence electrons. The van der Waals surface area contributed by atoms with E-state index < -0.39 is 5.91 Å². The van der Waals surface area contributed by atoms with E-state index in [0.29, 0.717) is 18.2 Å². The Bertz CT molecular complexity index is 620. The Hall–Kier alpha value is -2.24. The molecule has 5 nitrogen and oxygen atoms in total. The van der Waals surface area contributed by atoms with E-state index in [1.54, 1.807) is 23.7 Å². The van der Waals surface area contributed by atoms with Crippen LogP contribution in [0.2, 0.25) is 5.02 Å². The van der Waals surface area contributed by atoms with Crippen LogP contribution >= 0.6 is 11.6 Å². The highest BCUT2D eigenvalue weighted by Crippen LogP contribution is 2.15. The van der Waals surface area contributed by atoms with E-state index in [0.717, 1.165) is 11.4 Å². The van der Waals surface area contributed by atoms with Gasteiger partial charge in [-0.3, -0.25) is 10.0 Å². The molecule has 0 spiro atoms. The zero-order chi connectivity index (χ0) is 15.1. The molecule has 1 amide bonds. The van der Waals surface area contributed by atoms with Crippen LogP contribution in [0, 0.1) is 0 Å². The molecule has 0 saturated heterocycles. The van der Waals surface area contributed by atoms with Crippen LogP contribution in [0.15, 0.2) is 48.7 Å². The molecule has 0 fully saturated rings. The summed E-state index contributed by atoms with van der Waals surface area (Å²) < 4.78 is 7.55. The number of hydrogen-bond donors (Lipinski definition) is 2. The highest BCUT2D eigenvalue weighted by Gasteiger charge is 2.00. The van der Waals surface area contributed by atoms with E-state index >= 15 is 0 Å². The zero-order valence-corrected chi connectivity index (χ0v) is 12.0. The average molecular weight is 307 g/mol. The van der Waals surface area contributed by atoms with Crippen LogP contribution in [-0.2, 0) is 11.3 Å². The molecule has 2 N–H and O–H groups in total. The van der Waals surface area contributed by atoms with Gasteiger partial charge >= 0.3 is 0 Å². The maximum atomic E-state index is 11.0. The maximum absolute atomic E-state index is 11.0. The molecule has 21 heavy (non-hydrogen) atoms. The Kier molecular flexibility index (Phi) is 5.43. The summed E-state index contributed by atoms with van der Waals surface area (Å²) in [6.07, 6.45) is 4.77. The first-order chi connectivity index (χ1) is 10.2. The quantitative estimate of drug-likeness (QED) is 0.490. The minimum Gasteiger partial charge on any atom is -0.492 e. The summed E-state index contributed by atoms with van der Waals surface area (Å²) in [4.78, 5) is 11.0. The monoisotopic (exact) mass is 306 g/mol. The number of hydrogen-bond acceptors (Lipinski definition) is 3. The molecule has 0 aliphatic rings. The first-order valence-corrected chi connectivity index (χ1v) is 6.72. The number of halogens is 1. The third-order valence-electron chi connectivity index (χ3n) is 2.79. The molecule has 2 rings (SSSR count). The van der Waals surface area contributed by atoms with Crippen molar-refractivity contribution < 1.29 is 14.7 Å². The summed E-state index contributed by atoms with van der Waals surface area (Å²) in [5.74, 6) is 0.184. The number of ether oxygens (including phenoxy) is 1. The van der Waals surface area contributed by atoms with Crippen molar-refractivity contribution in [2.45, 2.75) is 6.54 Å². The second-order valence-electron chi connectivity index (χ2n) is 4.24. The van der Waals surface area contributed by atoms with Crippen molar-refractivity contribution in [2.24, 2.45) is 0 Å². The highest BCUT2D eigenvalue weighted by atomic mass is 35.5. The van der Waals surface area contributed by atoms with Gasteiger partial charge in [0.2, 0.25) is 0 Å². The lowest BCUT2D eigenvalue weighted by atomic mass is 10.3. The summed E-state index contributed by atoms with van der Waals surface area (Å²) in [7, 11) is 0. The number of nitrogens with one attached hydrogen (secondary N) is 1. The molecule has 0 bridgehead atoms. The fourth-order valence-corrected chi connectivity index (χ4v) is 1.90. The molecule has 2 aromatic rings. The van der Waals surface area contributed by atoms with E-state index in [4.69, 9.17) is 21.5 Å². The number of benzene rings is 1. The smallest absolute Gasteiger partial charge is 0.267 e. The lowest BCUT2D eigenvalue weighted by Gasteiger charge is -2.09. The molecule has 0 aliphatic carbocycles. The Morgan fingerprint density at radius 3 is 2.81 bits per heavy atom. The van der Waals surface area contributed by atoms with Crippen LogP contribution in [0.4, 0.5) is 0 Å². The van der Waals surface area contributed by atoms with Gasteiger partial charge in [0, 0.05) is 23.0 Å². The van der Waals surface area contributed by atoms with Crippen molar-refractivity contribution >= 4 is 23.6 Å². The number of rotatable bonds is 6. The van der Waals surface area contributed by atoms with Crippen molar-refractivity contribution in [2.75, 3.05) is 6.61 Å². The standard InChI is InChI=1S/C15H15ClN2O3/c16-12-3-6-14(7-4-12)21-11-10-18-9-1-2-13(18)5-8-15(19)17-20/h1-9,20H,10-11H2,(H,17,19)/b8-5+. The average Bonchev–Trinajstić information content (AvgIpc) is 2.94. The molecular weight excluding hydrogens is 292 g/mol. The van der Waals surface area contributed by atoms with Crippen molar-refractivity contribution in [3.05, 3.63) is 59.4 Å². The van der Waals surface area contributed by atoms with Gasteiger partial charge < -0.3 is 9.30 Å². The summed E-state index contributed by atoms with van der Waals surface area (Å²) in [6.45, 7) is 1.12. The van der Waals surface area contributed by atoms with Gasteiger partial charge in [0.1, 0.15) is 12.4 Å². The lowest BCUT2D eigenvalue weighted by molar-refractivity contribution is -0.124. The third kappa shape index (κ3) is 4.66. The fraction of sp³-hybridized carbons (Fsp3) is 0.133. The Balaban J connectivity index is 1.89. The van der Waals surface area contributed by atoms with Gasteiger partial charge in [0.25, 0.3) is 5.91 Å². The molecular formula is C15H15ClN2O3. The van der Waals surface area contributed by atoms with E-state index in [-0.39, 0.29) is 0 Å². The highest BCUT2D eigenvalue weighted by molar-refractivity contribution is 6.30. The van der Waals surface area contributed by atoms with E-state index in [1.165, 1.54) is 6.08 Å². The number of amides is 1. The minimum atomic E-state index is -0.569. The number of carbonyl (C=O) groups is 1. The first kappa shape index (κ1) is 15.2. The number of nitrogens with zero attached hydrogens (tertiary/aromatic N) is 1. The fourth-order valence-electron chi connectivity index (χ4n) is 1.77. The third-order valence-corrected chi connectivity index (χ3v) is 3.05. The second kappa shape index (κ2) is 7.52. The Labute approximate surface area is 127 Å². The molecule has 1 heterocycles. The largest absolute Gasteiger partial charge is 0.492 e. The van der Waals surface area contributed by atoms with Crippen molar-refractivity contribution in [3.63, 3.8) is 0 Å². The normalized spacial score (nSPS) is 10.8. The molecule has 0 atom stereocenters. The Morgan fingerprint density at radius 2 is 2.10 bits per heavy atom. The number of hydroxylamine groups is 1. The van der Waals surface area contributed by atoms with Crippen LogP contribution in [0.25, 0.3) is 6.08 Å². The molecule has 0 aliphatic heterocycles. The minimum absolute atomic E-state index is 0.489. The Morgan fingerprint density at radius 1 is 1.33 bits per heavy atom. The van der Waals surface area contributed by atoms with Crippen LogP contribution < -0.4 is 10.2 Å². The molecule has 0 radical (unpaired) electrons. The zero-order valence-electron chi connectivity index (χ0n) is 11.2. The molecule has 0 unspecified atom stereocenters. The lowest BCUT2D eigenvalue weighted by Crippen LogP contribution is -2.15. The van der Waals surface area contributed by atoms with Gasteiger partial charge in [-0.05, 0) is 42.5 Å². The van der Waals surface area contributed by atoms with Crippen molar-refractivity contribution in [1.82, 2.24) is 10.0 Å². The van der Waals surface area contributed by atoms with E-state index in [1.807, 2.05) is 35.0 Å². The van der Waals surface area contributed by atoms with Crippen molar-refractivity contribution in [1.29, 1.82) is 0 Å². The SMILES string of the molecule is O=C(/C=C/c1cccn1CCOc1ccc(Cl)cc1)NO. The topological polar surface area (TPSA) is 63.5 Å². The molecule has 1 aromatic carbocycles. The number of aromatic nitrogens is 1. The van der Waals surface area contributed by atoms with Gasteiger partial charge in [-0.15, -0.1) is 0 Å². The van der Waals surface area contributed by atoms with Gasteiger partial charge in [0.15, 0.2) is 0 Å². The van der Waals surface area contributed by atoms with Crippen LogP contribution in [0.5, 0.6) is 5.75 Å². The molecule has 1 aromatic heterocycles. The van der Waals surface area contributed by atoms with Crippen LogP contribution in [0.3, 0.4) is 0 Å². The van der Waals surface area contributed by atoms with E-state index in [9.17, 15) is 4.79 Å². The maximum Gasteiger partial charge on any atom is 0.267 e. The van der Waals surface area contributed by atoms with E-state index in [2.05, 4.69) is 0 Å². The number of carbonyl (C=O) groups excluding carboxylic acids is 1.